The first-order chi connectivity index (χ1) is 10.2. The summed E-state index contributed by atoms with van der Waals surface area (Å²) in [5.41, 5.74) is 5.67. The standard InChI is InChI=1S/C18H18N2O/c1-3-13-5-4-12(2)16(8-13)10-14-9-15-6-7-17(21)20-18(15)19-11-14/h4-9,11H,3,10H2,1-2H3,(H,19,20,21). The topological polar surface area (TPSA) is 45.8 Å². The van der Waals surface area contributed by atoms with Crippen LogP contribution in [-0.2, 0) is 12.8 Å². The molecule has 2 heterocycles. The Hall–Kier alpha value is -2.42. The summed E-state index contributed by atoms with van der Waals surface area (Å²) in [5, 5.41) is 0.969. The molecule has 21 heavy (non-hydrogen) atoms. The molecular formula is C18H18N2O. The number of benzene rings is 1. The highest BCUT2D eigenvalue weighted by atomic mass is 16.1. The molecule has 0 bridgehead atoms. The third-order valence-corrected chi connectivity index (χ3v) is 3.85. The highest BCUT2D eigenvalue weighted by Gasteiger charge is 2.04. The van der Waals surface area contributed by atoms with Gasteiger partial charge in [0.25, 0.3) is 0 Å². The summed E-state index contributed by atoms with van der Waals surface area (Å²) < 4.78 is 0. The first-order valence-electron chi connectivity index (χ1n) is 7.22. The van der Waals surface area contributed by atoms with Crippen LogP contribution in [0.3, 0.4) is 0 Å². The van der Waals surface area contributed by atoms with Gasteiger partial charge in [-0.25, -0.2) is 4.98 Å². The van der Waals surface area contributed by atoms with Crippen LogP contribution in [0.15, 0.2) is 47.4 Å². The predicted octanol–water partition coefficient (Wildman–Crippen LogP) is 3.38. The molecule has 1 aromatic carbocycles. The van der Waals surface area contributed by atoms with Gasteiger partial charge in [0.15, 0.2) is 0 Å². The van der Waals surface area contributed by atoms with Crippen LogP contribution in [0.1, 0.15) is 29.2 Å². The lowest BCUT2D eigenvalue weighted by molar-refractivity contribution is 1.08. The Morgan fingerprint density at radius 3 is 2.76 bits per heavy atom. The molecule has 0 amide bonds. The molecule has 0 aliphatic rings. The molecule has 0 radical (unpaired) electrons. The fraction of sp³-hybridized carbons (Fsp3) is 0.222. The van der Waals surface area contributed by atoms with Crippen LogP contribution in [0.5, 0.6) is 0 Å². The minimum absolute atomic E-state index is 0.116. The van der Waals surface area contributed by atoms with E-state index in [0.717, 1.165) is 23.8 Å². The third-order valence-electron chi connectivity index (χ3n) is 3.85. The van der Waals surface area contributed by atoms with Gasteiger partial charge in [-0.3, -0.25) is 4.79 Å². The molecule has 106 valence electrons. The second-order valence-electron chi connectivity index (χ2n) is 5.40. The van der Waals surface area contributed by atoms with E-state index >= 15 is 0 Å². The Bertz CT molecular complexity index is 849. The molecular weight excluding hydrogens is 260 g/mol. The van der Waals surface area contributed by atoms with Crippen LogP contribution in [0.2, 0.25) is 0 Å². The fourth-order valence-electron chi connectivity index (χ4n) is 2.53. The molecule has 3 rings (SSSR count). The molecule has 3 nitrogen and oxygen atoms in total. The summed E-state index contributed by atoms with van der Waals surface area (Å²) in [5.74, 6) is 0. The van der Waals surface area contributed by atoms with Gasteiger partial charge in [-0.1, -0.05) is 25.1 Å². The van der Waals surface area contributed by atoms with Crippen molar-refractivity contribution in [3.05, 3.63) is 75.2 Å². The quantitative estimate of drug-likeness (QED) is 0.798. The molecule has 1 N–H and O–H groups in total. The smallest absolute Gasteiger partial charge is 0.249 e. The first kappa shape index (κ1) is 13.6. The van der Waals surface area contributed by atoms with Gasteiger partial charge in [0, 0.05) is 17.6 Å². The average molecular weight is 278 g/mol. The normalized spacial score (nSPS) is 11.0. The van der Waals surface area contributed by atoms with Crippen molar-refractivity contribution >= 4 is 11.0 Å². The van der Waals surface area contributed by atoms with Crippen LogP contribution < -0.4 is 5.56 Å². The van der Waals surface area contributed by atoms with Gasteiger partial charge in [0.1, 0.15) is 5.65 Å². The van der Waals surface area contributed by atoms with Crippen molar-refractivity contribution in [2.45, 2.75) is 26.7 Å². The molecule has 0 unspecified atom stereocenters. The van der Waals surface area contributed by atoms with Crippen molar-refractivity contribution in [3.63, 3.8) is 0 Å². The summed E-state index contributed by atoms with van der Waals surface area (Å²) in [6.07, 6.45) is 3.75. The van der Waals surface area contributed by atoms with Gasteiger partial charge in [0.2, 0.25) is 5.56 Å². The number of pyridine rings is 2. The highest BCUT2D eigenvalue weighted by molar-refractivity contribution is 5.74. The molecule has 0 aliphatic carbocycles. The van der Waals surface area contributed by atoms with E-state index in [1.54, 1.807) is 0 Å². The van der Waals surface area contributed by atoms with Gasteiger partial charge < -0.3 is 4.98 Å². The van der Waals surface area contributed by atoms with E-state index in [-0.39, 0.29) is 5.56 Å². The zero-order valence-corrected chi connectivity index (χ0v) is 12.3. The molecule has 0 fully saturated rings. The fourth-order valence-corrected chi connectivity index (χ4v) is 2.53. The molecule has 2 aromatic heterocycles. The van der Waals surface area contributed by atoms with Gasteiger partial charge in [0.05, 0.1) is 0 Å². The monoisotopic (exact) mass is 278 g/mol. The van der Waals surface area contributed by atoms with Crippen LogP contribution in [0.25, 0.3) is 11.0 Å². The molecule has 0 saturated heterocycles. The average Bonchev–Trinajstić information content (AvgIpc) is 2.49. The zero-order chi connectivity index (χ0) is 14.8. The summed E-state index contributed by atoms with van der Waals surface area (Å²) in [4.78, 5) is 18.4. The number of nitrogens with zero attached hydrogens (tertiary/aromatic N) is 1. The van der Waals surface area contributed by atoms with Crippen LogP contribution in [0, 0.1) is 6.92 Å². The lowest BCUT2D eigenvalue weighted by Gasteiger charge is -2.09. The maximum Gasteiger partial charge on any atom is 0.249 e. The SMILES string of the molecule is CCc1ccc(C)c(Cc2cnc3[nH]c(=O)ccc3c2)c1. The van der Waals surface area contributed by atoms with Crippen LogP contribution in [-0.4, -0.2) is 9.97 Å². The minimum atomic E-state index is -0.116. The van der Waals surface area contributed by atoms with Gasteiger partial charge in [-0.15, -0.1) is 0 Å². The van der Waals surface area contributed by atoms with Crippen molar-refractivity contribution in [2.24, 2.45) is 0 Å². The van der Waals surface area contributed by atoms with Gasteiger partial charge in [-0.2, -0.15) is 0 Å². The number of hydrogen-bond acceptors (Lipinski definition) is 2. The molecule has 0 atom stereocenters. The Labute approximate surface area is 123 Å². The second-order valence-corrected chi connectivity index (χ2v) is 5.40. The van der Waals surface area contributed by atoms with E-state index in [2.05, 4.69) is 48.1 Å². The molecule has 0 saturated carbocycles. The van der Waals surface area contributed by atoms with Crippen molar-refractivity contribution in [2.75, 3.05) is 0 Å². The van der Waals surface area contributed by atoms with Crippen LogP contribution in [0.4, 0.5) is 0 Å². The van der Waals surface area contributed by atoms with E-state index in [4.69, 9.17) is 0 Å². The van der Waals surface area contributed by atoms with Crippen molar-refractivity contribution in [1.29, 1.82) is 0 Å². The number of fused-ring (bicyclic) bond motifs is 1. The number of H-pyrrole nitrogens is 1. The molecule has 0 spiro atoms. The number of nitrogens with one attached hydrogen (secondary N) is 1. The Kier molecular flexibility index (Phi) is 3.57. The molecule has 0 aliphatic heterocycles. The maximum atomic E-state index is 11.3. The Morgan fingerprint density at radius 2 is 1.95 bits per heavy atom. The van der Waals surface area contributed by atoms with Crippen molar-refractivity contribution < 1.29 is 0 Å². The Morgan fingerprint density at radius 1 is 1.10 bits per heavy atom. The van der Waals surface area contributed by atoms with Gasteiger partial charge in [-0.05, 0) is 54.2 Å². The number of hydrogen-bond donors (Lipinski definition) is 1. The van der Waals surface area contributed by atoms with Crippen molar-refractivity contribution in [1.82, 2.24) is 9.97 Å². The van der Waals surface area contributed by atoms with Gasteiger partial charge >= 0.3 is 0 Å². The summed E-state index contributed by atoms with van der Waals surface area (Å²) in [6.45, 7) is 4.31. The number of aromatic nitrogens is 2. The molecule has 3 heteroatoms. The van der Waals surface area contributed by atoms with E-state index in [1.807, 2.05) is 12.3 Å². The zero-order valence-electron chi connectivity index (χ0n) is 12.3. The number of aryl methyl sites for hydroxylation is 2. The second kappa shape index (κ2) is 5.52. The highest BCUT2D eigenvalue weighted by Crippen LogP contribution is 2.18. The van der Waals surface area contributed by atoms with E-state index < -0.39 is 0 Å². The maximum absolute atomic E-state index is 11.3. The van der Waals surface area contributed by atoms with Crippen molar-refractivity contribution in [3.8, 4) is 0 Å². The minimum Gasteiger partial charge on any atom is -0.307 e. The van der Waals surface area contributed by atoms with E-state index in [0.29, 0.717) is 5.65 Å². The summed E-state index contributed by atoms with van der Waals surface area (Å²) in [7, 11) is 0. The largest absolute Gasteiger partial charge is 0.307 e. The summed E-state index contributed by atoms with van der Waals surface area (Å²) in [6, 6.07) is 12.1. The summed E-state index contributed by atoms with van der Waals surface area (Å²) >= 11 is 0. The van der Waals surface area contributed by atoms with Crippen LogP contribution >= 0.6 is 0 Å². The lowest BCUT2D eigenvalue weighted by Crippen LogP contribution is -2.04. The number of rotatable bonds is 3. The predicted molar refractivity (Wildman–Crippen MR) is 85.7 cm³/mol. The number of aromatic amines is 1. The van der Waals surface area contributed by atoms with E-state index in [9.17, 15) is 4.79 Å². The third kappa shape index (κ3) is 2.87. The lowest BCUT2D eigenvalue weighted by atomic mass is 9.98. The first-order valence-corrected chi connectivity index (χ1v) is 7.22. The van der Waals surface area contributed by atoms with E-state index in [1.165, 1.54) is 22.8 Å². The Balaban J connectivity index is 1.98. The molecule has 3 aromatic rings.